The van der Waals surface area contributed by atoms with Crippen LogP contribution in [0.15, 0.2) is 54.6 Å². The molecule has 1 heterocycles. The number of para-hydroxylation sites is 2. The molecule has 0 radical (unpaired) electrons. The molecular formula is C21H23N3O3. The normalized spacial score (nSPS) is 10.7. The van der Waals surface area contributed by atoms with Gasteiger partial charge in [-0.3, -0.25) is 9.59 Å². The molecule has 0 unspecified atom stereocenters. The highest BCUT2D eigenvalue weighted by atomic mass is 16.5. The predicted molar refractivity (Wildman–Crippen MR) is 103 cm³/mol. The first-order valence-corrected chi connectivity index (χ1v) is 9.07. The molecule has 0 saturated carbocycles. The van der Waals surface area contributed by atoms with Crippen LogP contribution in [0.3, 0.4) is 0 Å². The van der Waals surface area contributed by atoms with Crippen molar-refractivity contribution in [2.75, 3.05) is 6.61 Å². The number of aromatic nitrogens is 2. The van der Waals surface area contributed by atoms with Crippen LogP contribution in [0.4, 0.5) is 0 Å². The third-order valence-corrected chi connectivity index (χ3v) is 4.25. The van der Waals surface area contributed by atoms with Gasteiger partial charge < -0.3 is 14.6 Å². The third kappa shape index (κ3) is 4.94. The van der Waals surface area contributed by atoms with E-state index in [1.807, 2.05) is 54.6 Å². The first-order valence-electron chi connectivity index (χ1n) is 9.07. The van der Waals surface area contributed by atoms with Crippen molar-refractivity contribution in [3.63, 3.8) is 0 Å². The van der Waals surface area contributed by atoms with Crippen LogP contribution in [0.5, 0.6) is 0 Å². The van der Waals surface area contributed by atoms with E-state index >= 15 is 0 Å². The highest BCUT2D eigenvalue weighted by Crippen LogP contribution is 2.16. The first kappa shape index (κ1) is 18.6. The Kier molecular flexibility index (Phi) is 6.20. The molecule has 0 aliphatic rings. The van der Waals surface area contributed by atoms with Crippen LogP contribution in [0.1, 0.15) is 24.7 Å². The van der Waals surface area contributed by atoms with E-state index in [2.05, 4.69) is 10.3 Å². The Balaban J connectivity index is 1.66. The Hall–Kier alpha value is -3.15. The number of carbonyl (C=O) groups is 2. The number of rotatable bonds is 8. The van der Waals surface area contributed by atoms with Crippen LogP contribution in [0, 0.1) is 0 Å². The van der Waals surface area contributed by atoms with E-state index < -0.39 is 0 Å². The number of nitrogens with zero attached hydrogens (tertiary/aromatic N) is 2. The number of ether oxygens (including phenoxy) is 1. The zero-order valence-corrected chi connectivity index (χ0v) is 15.4. The second kappa shape index (κ2) is 8.98. The Bertz CT molecular complexity index is 919. The molecule has 1 amide bonds. The highest BCUT2D eigenvalue weighted by Gasteiger charge is 2.14. The summed E-state index contributed by atoms with van der Waals surface area (Å²) < 4.78 is 6.85. The zero-order valence-electron chi connectivity index (χ0n) is 15.4. The number of hydrogen-bond donors (Lipinski definition) is 1. The van der Waals surface area contributed by atoms with E-state index in [4.69, 9.17) is 4.74 Å². The van der Waals surface area contributed by atoms with Crippen LogP contribution in [0.2, 0.25) is 0 Å². The maximum absolute atomic E-state index is 12.2. The van der Waals surface area contributed by atoms with Crippen LogP contribution in [-0.4, -0.2) is 28.0 Å². The minimum Gasteiger partial charge on any atom is -0.465 e. The van der Waals surface area contributed by atoms with E-state index in [1.54, 1.807) is 11.5 Å². The summed E-state index contributed by atoms with van der Waals surface area (Å²) >= 11 is 0. The number of fused-ring (bicyclic) bond motifs is 1. The molecule has 27 heavy (non-hydrogen) atoms. The average Bonchev–Trinajstić information content (AvgIpc) is 3.03. The summed E-state index contributed by atoms with van der Waals surface area (Å²) in [7, 11) is 0. The van der Waals surface area contributed by atoms with Crippen molar-refractivity contribution in [3.05, 3.63) is 66.0 Å². The molecule has 140 valence electrons. The molecule has 6 nitrogen and oxygen atoms in total. The van der Waals surface area contributed by atoms with Gasteiger partial charge in [-0.05, 0) is 31.0 Å². The number of hydrogen-bond acceptors (Lipinski definition) is 4. The number of esters is 1. The van der Waals surface area contributed by atoms with Crippen LogP contribution in [0.25, 0.3) is 11.0 Å². The van der Waals surface area contributed by atoms with E-state index in [0.717, 1.165) is 16.6 Å². The molecule has 2 aromatic carbocycles. The number of carbonyl (C=O) groups excluding carboxylic acids is 2. The molecule has 3 aromatic rings. The third-order valence-electron chi connectivity index (χ3n) is 4.25. The molecule has 0 atom stereocenters. The molecule has 0 aliphatic carbocycles. The number of amides is 1. The van der Waals surface area contributed by atoms with Crippen molar-refractivity contribution in [2.24, 2.45) is 0 Å². The quantitative estimate of drug-likeness (QED) is 0.623. The maximum atomic E-state index is 12.2. The van der Waals surface area contributed by atoms with Gasteiger partial charge in [0.25, 0.3) is 0 Å². The van der Waals surface area contributed by atoms with Gasteiger partial charge in [0.1, 0.15) is 12.4 Å². The summed E-state index contributed by atoms with van der Waals surface area (Å²) in [4.78, 5) is 28.7. The van der Waals surface area contributed by atoms with Gasteiger partial charge in [0.2, 0.25) is 5.91 Å². The molecule has 1 aromatic heterocycles. The molecule has 0 fully saturated rings. The Morgan fingerprint density at radius 2 is 1.81 bits per heavy atom. The Labute approximate surface area is 158 Å². The fraction of sp³-hybridized carbons (Fsp3) is 0.286. The van der Waals surface area contributed by atoms with Gasteiger partial charge in [-0.15, -0.1) is 0 Å². The van der Waals surface area contributed by atoms with Crippen LogP contribution in [-0.2, 0) is 33.8 Å². The summed E-state index contributed by atoms with van der Waals surface area (Å²) in [6, 6.07) is 17.5. The van der Waals surface area contributed by atoms with Gasteiger partial charge in [0, 0.05) is 6.42 Å². The lowest BCUT2D eigenvalue weighted by atomic mass is 10.1. The molecule has 0 aliphatic heterocycles. The van der Waals surface area contributed by atoms with Gasteiger partial charge >= 0.3 is 5.97 Å². The van der Waals surface area contributed by atoms with Crippen molar-refractivity contribution in [2.45, 2.75) is 32.9 Å². The van der Waals surface area contributed by atoms with E-state index in [-0.39, 0.29) is 25.0 Å². The van der Waals surface area contributed by atoms with E-state index in [0.29, 0.717) is 25.3 Å². The second-order valence-electron chi connectivity index (χ2n) is 6.17. The standard InChI is InChI=1S/C21H23N3O3/c1-2-27-21(26)15-24-18-11-7-6-10-17(18)23-19(24)14-22-20(25)13-12-16-8-4-3-5-9-16/h3-11H,2,12-15H2,1H3,(H,22,25). The molecular weight excluding hydrogens is 342 g/mol. The molecule has 0 saturated heterocycles. The van der Waals surface area contributed by atoms with Gasteiger partial charge in [-0.2, -0.15) is 0 Å². The maximum Gasteiger partial charge on any atom is 0.326 e. The first-order chi connectivity index (χ1) is 13.2. The fourth-order valence-corrected chi connectivity index (χ4v) is 2.94. The summed E-state index contributed by atoms with van der Waals surface area (Å²) in [5.74, 6) is 0.267. The number of benzene rings is 2. The van der Waals surface area contributed by atoms with Crippen LogP contribution < -0.4 is 5.32 Å². The molecule has 1 N–H and O–H groups in total. The second-order valence-corrected chi connectivity index (χ2v) is 6.17. The lowest BCUT2D eigenvalue weighted by Gasteiger charge is -2.10. The summed E-state index contributed by atoms with van der Waals surface area (Å²) in [6.07, 6.45) is 1.09. The van der Waals surface area contributed by atoms with Gasteiger partial charge in [-0.25, -0.2) is 4.98 Å². The van der Waals surface area contributed by atoms with Gasteiger partial charge in [0.05, 0.1) is 24.2 Å². The van der Waals surface area contributed by atoms with Crippen molar-refractivity contribution in [1.29, 1.82) is 0 Å². The highest BCUT2D eigenvalue weighted by molar-refractivity contribution is 5.79. The number of nitrogens with one attached hydrogen (secondary N) is 1. The minimum absolute atomic E-state index is 0.0476. The van der Waals surface area contributed by atoms with Crippen molar-refractivity contribution in [3.8, 4) is 0 Å². The molecule has 3 rings (SSSR count). The topological polar surface area (TPSA) is 73.2 Å². The molecule has 6 heteroatoms. The van der Waals surface area contributed by atoms with Gasteiger partial charge in [0.15, 0.2) is 0 Å². The summed E-state index contributed by atoms with van der Waals surface area (Å²) in [5.41, 5.74) is 2.76. The monoisotopic (exact) mass is 365 g/mol. The average molecular weight is 365 g/mol. The Morgan fingerprint density at radius 1 is 1.07 bits per heavy atom. The van der Waals surface area contributed by atoms with Crippen LogP contribution >= 0.6 is 0 Å². The number of aryl methyl sites for hydroxylation is 1. The SMILES string of the molecule is CCOC(=O)Cn1c(CNC(=O)CCc2ccccc2)nc2ccccc21. The summed E-state index contributed by atoms with van der Waals surface area (Å²) in [6.45, 7) is 2.44. The lowest BCUT2D eigenvalue weighted by Crippen LogP contribution is -2.26. The fourth-order valence-electron chi connectivity index (χ4n) is 2.94. The van der Waals surface area contributed by atoms with Gasteiger partial charge in [-0.1, -0.05) is 42.5 Å². The van der Waals surface area contributed by atoms with Crippen molar-refractivity contribution >= 4 is 22.9 Å². The molecule has 0 spiro atoms. The van der Waals surface area contributed by atoms with Crippen molar-refractivity contribution < 1.29 is 14.3 Å². The minimum atomic E-state index is -0.322. The van der Waals surface area contributed by atoms with E-state index in [9.17, 15) is 9.59 Å². The zero-order chi connectivity index (χ0) is 19.1. The lowest BCUT2D eigenvalue weighted by molar-refractivity contribution is -0.143. The largest absolute Gasteiger partial charge is 0.465 e. The predicted octanol–water partition coefficient (Wildman–Crippen LogP) is 2.85. The molecule has 0 bridgehead atoms. The van der Waals surface area contributed by atoms with Crippen molar-refractivity contribution in [1.82, 2.24) is 14.9 Å². The smallest absolute Gasteiger partial charge is 0.326 e. The van der Waals surface area contributed by atoms with E-state index in [1.165, 1.54) is 0 Å². The summed E-state index contributed by atoms with van der Waals surface area (Å²) in [5, 5.41) is 2.90. The Morgan fingerprint density at radius 3 is 2.59 bits per heavy atom. The number of imidazole rings is 1.